The third kappa shape index (κ3) is 5.96. The molecule has 0 radical (unpaired) electrons. The van der Waals surface area contributed by atoms with E-state index in [1.165, 1.54) is 11.1 Å². The van der Waals surface area contributed by atoms with Crippen LogP contribution in [0.4, 0.5) is 8.78 Å². The Morgan fingerprint density at radius 1 is 1.37 bits per heavy atom. The molecule has 0 aliphatic carbocycles. The van der Waals surface area contributed by atoms with E-state index in [2.05, 4.69) is 20.1 Å². The van der Waals surface area contributed by atoms with Gasteiger partial charge in [0.2, 0.25) is 10.0 Å². The smallest absolute Gasteiger partial charge is 0.273 e. The van der Waals surface area contributed by atoms with Crippen molar-refractivity contribution in [3.05, 3.63) is 40.9 Å². The fourth-order valence-corrected chi connectivity index (χ4v) is 4.95. The second kappa shape index (κ2) is 10.3. The molecular formula is C18H24ClF2N5O3S. The van der Waals surface area contributed by atoms with Crippen LogP contribution in [0.15, 0.2) is 29.3 Å². The molecule has 2 rings (SSSR count). The number of nitrogens with zero attached hydrogens (tertiary/aromatic N) is 3. The van der Waals surface area contributed by atoms with Crippen molar-refractivity contribution in [1.82, 2.24) is 25.0 Å². The Hall–Kier alpha value is -2.11. The average Bonchev–Trinajstić information content (AvgIpc) is 3.22. The fraction of sp³-hybridized carbons (Fsp3) is 0.500. The first-order chi connectivity index (χ1) is 14.1. The number of hydrogen-bond acceptors (Lipinski definition) is 5. The Bertz CT molecular complexity index is 959. The van der Waals surface area contributed by atoms with Gasteiger partial charge in [0.05, 0.1) is 17.9 Å². The van der Waals surface area contributed by atoms with E-state index in [9.17, 15) is 22.0 Å². The number of H-pyrrole nitrogens is 1. The zero-order valence-electron chi connectivity index (χ0n) is 16.8. The van der Waals surface area contributed by atoms with Gasteiger partial charge in [0, 0.05) is 19.6 Å². The van der Waals surface area contributed by atoms with Crippen molar-refractivity contribution in [3.63, 3.8) is 0 Å². The Morgan fingerprint density at radius 2 is 2.07 bits per heavy atom. The Kier molecular flexibility index (Phi) is 8.27. The lowest BCUT2D eigenvalue weighted by molar-refractivity contribution is 0.0748. The number of halogens is 3. The topological polar surface area (TPSA) is 108 Å². The Morgan fingerprint density at radius 3 is 2.67 bits per heavy atom. The van der Waals surface area contributed by atoms with Gasteiger partial charge in [-0.3, -0.25) is 14.3 Å². The Balaban J connectivity index is 2.14. The van der Waals surface area contributed by atoms with Crippen molar-refractivity contribution in [2.24, 2.45) is 11.8 Å². The molecule has 30 heavy (non-hydrogen) atoms. The molecule has 1 heterocycles. The number of benzene rings is 1. The Labute approximate surface area is 179 Å². The molecular weight excluding hydrogens is 440 g/mol. The number of rotatable bonds is 10. The maximum absolute atomic E-state index is 13.5. The van der Waals surface area contributed by atoms with Gasteiger partial charge in [-0.15, -0.1) is 5.10 Å². The van der Waals surface area contributed by atoms with Gasteiger partial charge in [0.1, 0.15) is 16.4 Å². The molecule has 0 bridgehead atoms. The summed E-state index contributed by atoms with van der Waals surface area (Å²) in [4.78, 5) is 13.4. The van der Waals surface area contributed by atoms with Crippen LogP contribution >= 0.6 is 11.6 Å². The number of aromatic amines is 1. The van der Waals surface area contributed by atoms with E-state index in [1.807, 2.05) is 6.92 Å². The van der Waals surface area contributed by atoms with Gasteiger partial charge < -0.3 is 4.90 Å². The van der Waals surface area contributed by atoms with Gasteiger partial charge in [-0.2, -0.15) is 0 Å². The van der Waals surface area contributed by atoms with Crippen LogP contribution in [-0.4, -0.2) is 60.9 Å². The molecule has 166 valence electrons. The minimum Gasteiger partial charge on any atom is -0.340 e. The van der Waals surface area contributed by atoms with Gasteiger partial charge in [-0.25, -0.2) is 17.5 Å². The quantitative estimate of drug-likeness (QED) is 0.563. The number of carbonyl (C=O) groups is 1. The van der Waals surface area contributed by atoms with Crippen LogP contribution in [0.25, 0.3) is 0 Å². The van der Waals surface area contributed by atoms with Crippen molar-refractivity contribution in [1.29, 1.82) is 0 Å². The summed E-state index contributed by atoms with van der Waals surface area (Å²) in [6, 6.07) is 2.22. The third-order valence-corrected chi connectivity index (χ3v) is 6.97. The largest absolute Gasteiger partial charge is 0.340 e. The van der Waals surface area contributed by atoms with Crippen LogP contribution in [0.3, 0.4) is 0 Å². The molecule has 0 fully saturated rings. The highest BCUT2D eigenvalue weighted by molar-refractivity contribution is 7.89. The maximum atomic E-state index is 13.5. The second-order valence-electron chi connectivity index (χ2n) is 7.17. The highest BCUT2D eigenvalue weighted by Gasteiger charge is 2.30. The summed E-state index contributed by atoms with van der Waals surface area (Å²) in [5.74, 6) is -1.63. The fourth-order valence-electron chi connectivity index (χ4n) is 3.08. The number of nitrogens with one attached hydrogen (secondary N) is 2. The molecule has 1 amide bonds. The van der Waals surface area contributed by atoms with E-state index < -0.39 is 33.5 Å². The zero-order chi connectivity index (χ0) is 22.5. The molecule has 1 aromatic heterocycles. The first-order valence-electron chi connectivity index (χ1n) is 9.21. The third-order valence-electron chi connectivity index (χ3n) is 5.00. The lowest BCUT2D eigenvalue weighted by Gasteiger charge is -2.31. The predicted molar refractivity (Wildman–Crippen MR) is 108 cm³/mol. The van der Waals surface area contributed by atoms with Crippen molar-refractivity contribution in [2.75, 3.05) is 20.3 Å². The van der Waals surface area contributed by atoms with Crippen molar-refractivity contribution in [2.45, 2.75) is 31.2 Å². The number of alkyl halides is 1. The normalized spacial score (nSPS) is 14.9. The highest BCUT2D eigenvalue weighted by Crippen LogP contribution is 2.25. The molecule has 2 N–H and O–H groups in total. The molecule has 8 nitrogen and oxygen atoms in total. The van der Waals surface area contributed by atoms with E-state index in [1.54, 1.807) is 14.0 Å². The summed E-state index contributed by atoms with van der Waals surface area (Å²) in [7, 11) is -2.59. The molecule has 12 heteroatoms. The summed E-state index contributed by atoms with van der Waals surface area (Å²) < 4.78 is 54.6. The van der Waals surface area contributed by atoms with E-state index in [-0.39, 0.29) is 41.4 Å². The van der Waals surface area contributed by atoms with Crippen LogP contribution in [0.2, 0.25) is 5.02 Å². The first-order valence-corrected chi connectivity index (χ1v) is 11.1. The number of aromatic nitrogens is 3. The molecule has 1 aromatic carbocycles. The van der Waals surface area contributed by atoms with Crippen molar-refractivity contribution < 1.29 is 22.0 Å². The highest BCUT2D eigenvalue weighted by atomic mass is 35.5. The molecule has 0 aliphatic rings. The minimum atomic E-state index is -4.18. The number of amides is 1. The second-order valence-corrected chi connectivity index (χ2v) is 9.26. The summed E-state index contributed by atoms with van der Waals surface area (Å²) in [6.45, 7) is 3.12. The van der Waals surface area contributed by atoms with Crippen LogP contribution in [0.1, 0.15) is 30.8 Å². The minimum absolute atomic E-state index is 0.0835. The van der Waals surface area contributed by atoms with E-state index in [0.717, 1.165) is 18.2 Å². The van der Waals surface area contributed by atoms with Gasteiger partial charge >= 0.3 is 0 Å². The molecule has 0 aliphatic heterocycles. The maximum Gasteiger partial charge on any atom is 0.273 e. The number of carbonyl (C=O) groups excluding carboxylic acids is 1. The van der Waals surface area contributed by atoms with Gasteiger partial charge in [-0.1, -0.05) is 30.7 Å². The summed E-state index contributed by atoms with van der Waals surface area (Å²) in [6.07, 6.45) is 1.22. The number of hydrogen-bond donors (Lipinski definition) is 2. The van der Waals surface area contributed by atoms with Crippen molar-refractivity contribution >= 4 is 27.5 Å². The van der Waals surface area contributed by atoms with Gasteiger partial charge in [0.25, 0.3) is 5.91 Å². The lowest BCUT2D eigenvalue weighted by atomic mass is 9.87. The van der Waals surface area contributed by atoms with Gasteiger partial charge in [-0.05, 0) is 36.5 Å². The molecule has 0 spiro atoms. The zero-order valence-corrected chi connectivity index (χ0v) is 18.3. The summed E-state index contributed by atoms with van der Waals surface area (Å²) in [5.41, 5.74) is 0.221. The monoisotopic (exact) mass is 463 g/mol. The average molecular weight is 464 g/mol. The van der Waals surface area contributed by atoms with E-state index >= 15 is 0 Å². The summed E-state index contributed by atoms with van der Waals surface area (Å²) in [5, 5.41) is 9.41. The molecule has 0 unspecified atom stereocenters. The first kappa shape index (κ1) is 24.2. The SMILES string of the molecule is C[C@@H]([C@H](C)CN(C)C(=O)c1cnn[nH]1)[C@@H](CCF)NS(=O)(=O)c1cc(F)ccc1Cl. The van der Waals surface area contributed by atoms with Crippen LogP contribution in [-0.2, 0) is 10.0 Å². The molecule has 2 aromatic rings. The van der Waals surface area contributed by atoms with Crippen LogP contribution < -0.4 is 4.72 Å². The molecule has 3 atom stereocenters. The number of sulfonamides is 1. The van der Waals surface area contributed by atoms with Crippen molar-refractivity contribution in [3.8, 4) is 0 Å². The molecule has 0 saturated heterocycles. The lowest BCUT2D eigenvalue weighted by Crippen LogP contribution is -2.44. The standard InChI is InChI=1S/C18H24ClF2N5O3S/c1-11(10-26(3)18(27)16-9-22-25-23-16)12(2)15(6-7-20)24-30(28,29)17-8-13(21)4-5-14(17)19/h4-5,8-9,11-12,15,24H,6-7,10H2,1-3H3,(H,22,23,25)/t11-,12+,15-/m1/s1. The van der Waals surface area contributed by atoms with E-state index in [0.29, 0.717) is 0 Å². The molecule has 0 saturated carbocycles. The predicted octanol–water partition coefficient (Wildman–Crippen LogP) is 2.65. The van der Waals surface area contributed by atoms with E-state index in [4.69, 9.17) is 11.6 Å². The van der Waals surface area contributed by atoms with Gasteiger partial charge in [0.15, 0.2) is 0 Å². The van der Waals surface area contributed by atoms with Crippen LogP contribution in [0.5, 0.6) is 0 Å². The van der Waals surface area contributed by atoms with Crippen LogP contribution in [0, 0.1) is 17.7 Å². The summed E-state index contributed by atoms with van der Waals surface area (Å²) >= 11 is 5.92.